The summed E-state index contributed by atoms with van der Waals surface area (Å²) >= 11 is 0.968. The van der Waals surface area contributed by atoms with E-state index in [4.69, 9.17) is 0 Å². The highest BCUT2D eigenvalue weighted by Crippen LogP contribution is 2.22. The number of hydrogen-bond acceptors (Lipinski definition) is 6. The summed E-state index contributed by atoms with van der Waals surface area (Å²) in [5.41, 5.74) is 0.869. The SMILES string of the molecule is CC(C)[C@H](NS(=O)(=O)c1cccc2nsnc12)C(=O)NC1CCCCCC1. The minimum Gasteiger partial charge on any atom is -0.352 e. The Bertz CT molecular complexity index is 887. The molecule has 0 bridgehead atoms. The molecule has 1 fully saturated rings. The first-order chi connectivity index (χ1) is 12.9. The zero-order chi connectivity index (χ0) is 19.4. The zero-order valence-corrected chi connectivity index (χ0v) is 17.3. The molecule has 0 radical (unpaired) electrons. The molecule has 1 aromatic carbocycles. The van der Waals surface area contributed by atoms with E-state index < -0.39 is 16.1 Å². The number of nitrogens with one attached hydrogen (secondary N) is 2. The molecule has 1 amide bonds. The lowest BCUT2D eigenvalue weighted by molar-refractivity contribution is -0.124. The lowest BCUT2D eigenvalue weighted by atomic mass is 10.0. The second-order valence-electron chi connectivity index (χ2n) is 7.43. The fourth-order valence-electron chi connectivity index (χ4n) is 3.44. The minimum absolute atomic E-state index is 0.0571. The Hall–Kier alpha value is -1.58. The van der Waals surface area contributed by atoms with Gasteiger partial charge in [0, 0.05) is 6.04 Å². The molecule has 1 aromatic heterocycles. The number of fused-ring (bicyclic) bond motifs is 1. The molecule has 1 atom stereocenters. The van der Waals surface area contributed by atoms with Crippen LogP contribution in [0.25, 0.3) is 11.0 Å². The molecule has 1 aliphatic rings. The maximum atomic E-state index is 13.0. The number of aromatic nitrogens is 2. The third-order valence-electron chi connectivity index (χ3n) is 4.97. The molecule has 0 saturated heterocycles. The van der Waals surface area contributed by atoms with Crippen LogP contribution < -0.4 is 10.0 Å². The van der Waals surface area contributed by atoms with Gasteiger partial charge in [-0.15, -0.1) is 0 Å². The number of benzene rings is 1. The fraction of sp³-hybridized carbons (Fsp3) is 0.611. The van der Waals surface area contributed by atoms with Crippen molar-refractivity contribution in [3.63, 3.8) is 0 Å². The Labute approximate surface area is 164 Å². The highest BCUT2D eigenvalue weighted by Gasteiger charge is 2.31. The van der Waals surface area contributed by atoms with Crippen molar-refractivity contribution in [3.8, 4) is 0 Å². The molecule has 1 aliphatic carbocycles. The molecule has 9 heteroatoms. The molecular weight excluding hydrogens is 384 g/mol. The Morgan fingerprint density at radius 1 is 1.15 bits per heavy atom. The summed E-state index contributed by atoms with van der Waals surface area (Å²) in [6.45, 7) is 3.68. The number of amides is 1. The summed E-state index contributed by atoms with van der Waals surface area (Å²) in [6.07, 6.45) is 6.49. The number of carbonyl (C=O) groups is 1. The molecule has 0 unspecified atom stereocenters. The van der Waals surface area contributed by atoms with Crippen molar-refractivity contribution in [2.45, 2.75) is 69.4 Å². The number of nitrogens with zero attached hydrogens (tertiary/aromatic N) is 2. The van der Waals surface area contributed by atoms with Crippen molar-refractivity contribution >= 4 is 38.7 Å². The smallest absolute Gasteiger partial charge is 0.243 e. The van der Waals surface area contributed by atoms with Gasteiger partial charge in [0.25, 0.3) is 0 Å². The van der Waals surface area contributed by atoms with Crippen LogP contribution >= 0.6 is 11.7 Å². The van der Waals surface area contributed by atoms with E-state index in [1.165, 1.54) is 18.9 Å². The van der Waals surface area contributed by atoms with Gasteiger partial charge in [-0.2, -0.15) is 13.5 Å². The summed E-state index contributed by atoms with van der Waals surface area (Å²) in [6, 6.07) is 4.13. The van der Waals surface area contributed by atoms with E-state index in [2.05, 4.69) is 18.8 Å². The van der Waals surface area contributed by atoms with Crippen LogP contribution in [0.4, 0.5) is 0 Å². The van der Waals surface area contributed by atoms with Gasteiger partial charge < -0.3 is 5.32 Å². The molecular formula is C18H26N4O3S2. The summed E-state index contributed by atoms with van der Waals surface area (Å²) in [5, 5.41) is 3.05. The van der Waals surface area contributed by atoms with Crippen LogP contribution in [0.2, 0.25) is 0 Å². The fourth-order valence-corrected chi connectivity index (χ4v) is 5.55. The average Bonchev–Trinajstić information content (AvgIpc) is 2.96. The van der Waals surface area contributed by atoms with Crippen molar-refractivity contribution < 1.29 is 13.2 Å². The molecule has 148 valence electrons. The zero-order valence-electron chi connectivity index (χ0n) is 15.6. The van der Waals surface area contributed by atoms with E-state index in [0.29, 0.717) is 11.0 Å². The third kappa shape index (κ3) is 4.83. The van der Waals surface area contributed by atoms with Gasteiger partial charge in [-0.05, 0) is 30.9 Å². The monoisotopic (exact) mass is 410 g/mol. The first-order valence-corrected chi connectivity index (χ1v) is 11.6. The molecule has 27 heavy (non-hydrogen) atoms. The number of carbonyl (C=O) groups excluding carboxylic acids is 1. The second kappa shape index (κ2) is 8.62. The van der Waals surface area contributed by atoms with Crippen LogP contribution in [0.3, 0.4) is 0 Å². The summed E-state index contributed by atoms with van der Waals surface area (Å²) in [7, 11) is -3.90. The van der Waals surface area contributed by atoms with E-state index >= 15 is 0 Å². The van der Waals surface area contributed by atoms with E-state index in [1.54, 1.807) is 12.1 Å². The van der Waals surface area contributed by atoms with Gasteiger partial charge in [-0.25, -0.2) is 8.42 Å². The van der Waals surface area contributed by atoms with Gasteiger partial charge in [0.15, 0.2) is 0 Å². The number of rotatable bonds is 6. The Kier molecular flexibility index (Phi) is 6.44. The molecule has 1 saturated carbocycles. The normalized spacial score (nSPS) is 17.7. The van der Waals surface area contributed by atoms with Crippen LogP contribution in [-0.4, -0.2) is 35.2 Å². The lowest BCUT2D eigenvalue weighted by Crippen LogP contribution is -2.52. The third-order valence-corrected chi connectivity index (χ3v) is 6.99. The second-order valence-corrected chi connectivity index (χ2v) is 9.64. The lowest BCUT2D eigenvalue weighted by Gasteiger charge is -2.25. The molecule has 0 aliphatic heterocycles. The quantitative estimate of drug-likeness (QED) is 0.713. The van der Waals surface area contributed by atoms with Crippen molar-refractivity contribution in [3.05, 3.63) is 18.2 Å². The topological polar surface area (TPSA) is 101 Å². The van der Waals surface area contributed by atoms with Gasteiger partial charge in [0.2, 0.25) is 15.9 Å². The number of hydrogen-bond donors (Lipinski definition) is 2. The van der Waals surface area contributed by atoms with Gasteiger partial charge in [-0.3, -0.25) is 4.79 Å². The van der Waals surface area contributed by atoms with Crippen LogP contribution in [0.5, 0.6) is 0 Å². The highest BCUT2D eigenvalue weighted by atomic mass is 32.2. The van der Waals surface area contributed by atoms with Crippen LogP contribution in [0.1, 0.15) is 52.4 Å². The summed E-state index contributed by atoms with van der Waals surface area (Å²) in [4.78, 5) is 12.9. The standard InChI is InChI=1S/C18H26N4O3S2/c1-12(2)16(18(23)19-13-8-5-3-4-6-9-13)22-27(24,25)15-11-7-10-14-17(15)21-26-20-14/h7,10-13,16,22H,3-6,8-9H2,1-2H3,(H,19,23)/t16-/m0/s1. The largest absolute Gasteiger partial charge is 0.352 e. The van der Waals surface area contributed by atoms with Crippen LogP contribution in [0, 0.1) is 5.92 Å². The summed E-state index contributed by atoms with van der Waals surface area (Å²) < 4.78 is 36.7. The molecule has 0 spiro atoms. The van der Waals surface area contributed by atoms with Crippen molar-refractivity contribution in [1.82, 2.24) is 18.8 Å². The highest BCUT2D eigenvalue weighted by molar-refractivity contribution is 7.89. The average molecular weight is 411 g/mol. The Balaban J connectivity index is 1.78. The Morgan fingerprint density at radius 3 is 2.52 bits per heavy atom. The maximum Gasteiger partial charge on any atom is 0.243 e. The molecule has 2 N–H and O–H groups in total. The van der Waals surface area contributed by atoms with E-state index in [9.17, 15) is 13.2 Å². The molecule has 3 rings (SSSR count). The van der Waals surface area contributed by atoms with Crippen molar-refractivity contribution in [2.24, 2.45) is 5.92 Å². The predicted molar refractivity (Wildman–Crippen MR) is 106 cm³/mol. The molecule has 7 nitrogen and oxygen atoms in total. The van der Waals surface area contributed by atoms with Gasteiger partial charge in [-0.1, -0.05) is 45.6 Å². The van der Waals surface area contributed by atoms with Crippen molar-refractivity contribution in [2.75, 3.05) is 0 Å². The minimum atomic E-state index is -3.90. The molecule has 1 heterocycles. The Morgan fingerprint density at radius 2 is 1.85 bits per heavy atom. The van der Waals surface area contributed by atoms with Crippen LogP contribution in [0.15, 0.2) is 23.1 Å². The van der Waals surface area contributed by atoms with Gasteiger partial charge in [0.05, 0.1) is 11.7 Å². The number of sulfonamides is 1. The maximum absolute atomic E-state index is 13.0. The first kappa shape index (κ1) is 20.2. The predicted octanol–water partition coefficient (Wildman–Crippen LogP) is 2.83. The first-order valence-electron chi connectivity index (χ1n) is 9.42. The van der Waals surface area contributed by atoms with Crippen LogP contribution in [-0.2, 0) is 14.8 Å². The van der Waals surface area contributed by atoms with Gasteiger partial charge >= 0.3 is 0 Å². The molecule has 2 aromatic rings. The van der Waals surface area contributed by atoms with Gasteiger partial charge in [0.1, 0.15) is 22.0 Å². The van der Waals surface area contributed by atoms with E-state index in [-0.39, 0.29) is 22.8 Å². The summed E-state index contributed by atoms with van der Waals surface area (Å²) in [5.74, 6) is -0.442. The van der Waals surface area contributed by atoms with E-state index in [1.807, 2.05) is 13.8 Å². The van der Waals surface area contributed by atoms with E-state index in [0.717, 1.165) is 37.4 Å². The van der Waals surface area contributed by atoms with Crippen molar-refractivity contribution in [1.29, 1.82) is 0 Å².